The SMILES string of the molecule is Cc1ncsc1-c1ccc(CNC(=O)C2CCCN2C(=O)CC(C)(C)C)c(OC2CCN(CCCCSc3ccccc3)CC2)c1.NC(=O)C1(F)CC1. The Morgan fingerprint density at radius 3 is 2.42 bits per heavy atom. The molecular formula is C41H56FN5O4S2. The number of likely N-dealkylation sites (tertiary alicyclic amines) is 2. The molecule has 288 valence electrons. The number of piperidine rings is 1. The van der Waals surface area contributed by atoms with E-state index in [0.29, 0.717) is 38.8 Å². The summed E-state index contributed by atoms with van der Waals surface area (Å²) < 4.78 is 18.9. The van der Waals surface area contributed by atoms with Crippen molar-refractivity contribution < 1.29 is 23.5 Å². The van der Waals surface area contributed by atoms with Gasteiger partial charge in [0.15, 0.2) is 5.67 Å². The predicted molar refractivity (Wildman–Crippen MR) is 212 cm³/mol. The molecule has 9 nitrogen and oxygen atoms in total. The van der Waals surface area contributed by atoms with Gasteiger partial charge in [-0.05, 0) is 99.8 Å². The van der Waals surface area contributed by atoms with Crippen LogP contribution in [0.1, 0.15) is 89.8 Å². The number of hydrogen-bond donors (Lipinski definition) is 2. The number of alkyl halides is 1. The first-order chi connectivity index (χ1) is 25.3. The lowest BCUT2D eigenvalue weighted by Gasteiger charge is -2.32. The van der Waals surface area contributed by atoms with Gasteiger partial charge in [0.05, 0.1) is 16.1 Å². The molecule has 53 heavy (non-hydrogen) atoms. The number of ether oxygens (including phenoxy) is 1. The number of primary amides is 1. The van der Waals surface area contributed by atoms with Gasteiger partial charge < -0.3 is 25.6 Å². The van der Waals surface area contributed by atoms with Crippen LogP contribution in [0.25, 0.3) is 10.4 Å². The van der Waals surface area contributed by atoms with Gasteiger partial charge in [0.2, 0.25) is 11.8 Å². The Balaban J connectivity index is 0.000000693. The van der Waals surface area contributed by atoms with Gasteiger partial charge in [-0.3, -0.25) is 14.4 Å². The molecule has 1 unspecified atom stereocenters. The third-order valence-corrected chi connectivity index (χ3v) is 12.0. The van der Waals surface area contributed by atoms with Crippen LogP contribution in [-0.4, -0.2) is 82.3 Å². The minimum Gasteiger partial charge on any atom is -0.490 e. The van der Waals surface area contributed by atoms with E-state index in [1.165, 1.54) is 17.7 Å². The molecule has 1 atom stereocenters. The van der Waals surface area contributed by atoms with Crippen LogP contribution in [0.15, 0.2) is 58.9 Å². The summed E-state index contributed by atoms with van der Waals surface area (Å²) in [5, 5.41) is 3.15. The molecule has 3 N–H and O–H groups in total. The quantitative estimate of drug-likeness (QED) is 0.129. The minimum atomic E-state index is -1.61. The number of aromatic nitrogens is 1. The molecule has 0 spiro atoms. The number of benzene rings is 2. The van der Waals surface area contributed by atoms with E-state index in [1.54, 1.807) is 16.2 Å². The van der Waals surface area contributed by atoms with Gasteiger partial charge in [-0.2, -0.15) is 0 Å². The number of thiazole rings is 1. The Morgan fingerprint density at radius 2 is 1.79 bits per heavy atom. The average molecular weight is 766 g/mol. The van der Waals surface area contributed by atoms with E-state index in [-0.39, 0.29) is 23.3 Å². The number of rotatable bonds is 14. The normalized spacial score (nSPS) is 18.6. The fourth-order valence-corrected chi connectivity index (χ4v) is 8.39. The van der Waals surface area contributed by atoms with E-state index in [9.17, 15) is 18.8 Å². The topological polar surface area (TPSA) is 118 Å². The molecule has 2 aliphatic heterocycles. The highest BCUT2D eigenvalue weighted by Gasteiger charge is 2.49. The van der Waals surface area contributed by atoms with E-state index in [1.807, 2.05) is 24.2 Å². The van der Waals surface area contributed by atoms with Crippen LogP contribution in [0.5, 0.6) is 5.75 Å². The summed E-state index contributed by atoms with van der Waals surface area (Å²) in [6.07, 6.45) is 7.20. The maximum Gasteiger partial charge on any atom is 0.255 e. The molecule has 2 aromatic carbocycles. The van der Waals surface area contributed by atoms with E-state index in [4.69, 9.17) is 4.74 Å². The second-order valence-electron chi connectivity index (χ2n) is 15.6. The van der Waals surface area contributed by atoms with E-state index >= 15 is 0 Å². The van der Waals surface area contributed by atoms with Gasteiger partial charge in [0.1, 0.15) is 17.9 Å². The first-order valence-electron chi connectivity index (χ1n) is 19.0. The Bertz CT molecular complexity index is 1670. The van der Waals surface area contributed by atoms with Crippen LogP contribution in [0.2, 0.25) is 0 Å². The highest BCUT2D eigenvalue weighted by Crippen LogP contribution is 2.39. The van der Waals surface area contributed by atoms with Crippen molar-refractivity contribution in [2.24, 2.45) is 11.1 Å². The Kier molecular flexibility index (Phi) is 14.4. The Hall–Kier alpha value is -3.48. The van der Waals surface area contributed by atoms with Crippen molar-refractivity contribution in [3.8, 4) is 16.2 Å². The summed E-state index contributed by atoms with van der Waals surface area (Å²) in [5.41, 5.74) is 7.84. The molecule has 3 aromatic rings. The summed E-state index contributed by atoms with van der Waals surface area (Å²) in [5.74, 6) is 1.16. The van der Waals surface area contributed by atoms with Crippen LogP contribution >= 0.6 is 23.1 Å². The fraction of sp³-hybridized carbons (Fsp3) is 0.561. The van der Waals surface area contributed by atoms with Crippen LogP contribution < -0.4 is 15.8 Å². The molecule has 6 rings (SSSR count). The summed E-state index contributed by atoms with van der Waals surface area (Å²) in [6, 6.07) is 16.5. The molecule has 12 heteroatoms. The largest absolute Gasteiger partial charge is 0.490 e. The number of unbranched alkanes of at least 4 members (excludes halogenated alkanes) is 1. The van der Waals surface area contributed by atoms with E-state index in [0.717, 1.165) is 72.1 Å². The maximum atomic E-state index is 13.4. The molecule has 3 fully saturated rings. The number of aryl methyl sites for hydroxylation is 1. The van der Waals surface area contributed by atoms with Crippen LogP contribution in [0.4, 0.5) is 4.39 Å². The zero-order valence-corrected chi connectivity index (χ0v) is 33.3. The molecule has 2 saturated heterocycles. The number of carbonyl (C=O) groups excluding carboxylic acids is 3. The minimum absolute atomic E-state index is 0.0656. The number of nitrogens with zero attached hydrogens (tertiary/aromatic N) is 3. The fourth-order valence-electron chi connectivity index (χ4n) is 6.65. The highest BCUT2D eigenvalue weighted by molar-refractivity contribution is 7.99. The standard InChI is InChI=1S/C37H50N4O3S2.C4H6FNO/c1-27-35(46-26-39-27)28-14-15-29(25-38-36(43)32-13-10-19-41(32)34(42)24-37(2,3)4)33(23-28)44-30-16-20-40(21-17-30)18-8-9-22-45-31-11-6-5-7-12-31;5-4(1-2-4)3(6)7/h5-7,11-12,14-15,23,26,30,32H,8-10,13,16-22,24-25H2,1-4H3,(H,38,43);1-2H2,(H2,6,7). The number of halogens is 1. The molecule has 1 aliphatic carbocycles. The molecule has 3 aliphatic rings. The first kappa shape index (κ1) is 40.7. The van der Waals surface area contributed by atoms with E-state index < -0.39 is 17.6 Å². The molecule has 3 amide bonds. The zero-order chi connectivity index (χ0) is 38.0. The smallest absolute Gasteiger partial charge is 0.255 e. The first-order valence-corrected chi connectivity index (χ1v) is 20.8. The number of nitrogens with two attached hydrogens (primary N) is 1. The number of carbonyl (C=O) groups is 3. The molecule has 1 aromatic heterocycles. The van der Waals surface area contributed by atoms with Crippen LogP contribution in [0.3, 0.4) is 0 Å². The molecule has 1 saturated carbocycles. The van der Waals surface area contributed by atoms with Crippen molar-refractivity contribution in [2.45, 2.75) is 115 Å². The number of thioether (sulfide) groups is 1. The molecule has 0 bridgehead atoms. The van der Waals surface area contributed by atoms with Crippen molar-refractivity contribution in [3.63, 3.8) is 0 Å². The van der Waals surface area contributed by atoms with Gasteiger partial charge in [-0.15, -0.1) is 23.1 Å². The van der Waals surface area contributed by atoms with Gasteiger partial charge in [0, 0.05) is 43.1 Å². The monoisotopic (exact) mass is 765 g/mol. The van der Waals surface area contributed by atoms with Crippen molar-refractivity contribution in [3.05, 3.63) is 65.3 Å². The average Bonchev–Trinajstić information content (AvgIpc) is 3.47. The number of amides is 3. The highest BCUT2D eigenvalue weighted by atomic mass is 32.2. The van der Waals surface area contributed by atoms with Crippen LogP contribution in [0, 0.1) is 12.3 Å². The second-order valence-corrected chi connectivity index (χ2v) is 17.7. The summed E-state index contributed by atoms with van der Waals surface area (Å²) >= 11 is 3.57. The van der Waals surface area contributed by atoms with Gasteiger partial charge in [-0.25, -0.2) is 9.37 Å². The molecule has 0 radical (unpaired) electrons. The summed E-state index contributed by atoms with van der Waals surface area (Å²) in [7, 11) is 0. The van der Waals surface area contributed by atoms with Crippen LogP contribution in [-0.2, 0) is 20.9 Å². The molecule has 3 heterocycles. The lowest BCUT2D eigenvalue weighted by atomic mass is 9.91. The second kappa shape index (κ2) is 18.7. The van der Waals surface area contributed by atoms with Gasteiger partial charge in [-0.1, -0.05) is 51.1 Å². The van der Waals surface area contributed by atoms with Gasteiger partial charge in [0.25, 0.3) is 5.91 Å². The summed E-state index contributed by atoms with van der Waals surface area (Å²) in [4.78, 5) is 47.6. The molecular weight excluding hydrogens is 710 g/mol. The van der Waals surface area contributed by atoms with Crippen molar-refractivity contribution in [1.29, 1.82) is 0 Å². The third kappa shape index (κ3) is 12.3. The Labute approximate surface area is 322 Å². The predicted octanol–water partition coefficient (Wildman–Crippen LogP) is 7.55. The maximum absolute atomic E-state index is 13.4. The van der Waals surface area contributed by atoms with Gasteiger partial charge >= 0.3 is 0 Å². The van der Waals surface area contributed by atoms with Crippen molar-refractivity contribution >= 4 is 40.8 Å². The Morgan fingerprint density at radius 1 is 1.06 bits per heavy atom. The number of hydrogen-bond acceptors (Lipinski definition) is 8. The lowest BCUT2D eigenvalue weighted by molar-refractivity contribution is -0.139. The number of nitrogens with one attached hydrogen (secondary N) is 1. The van der Waals surface area contributed by atoms with E-state index in [2.05, 4.69) is 90.2 Å². The third-order valence-electron chi connectivity index (χ3n) is 9.92. The summed E-state index contributed by atoms with van der Waals surface area (Å²) in [6.45, 7) is 12.4. The zero-order valence-electron chi connectivity index (χ0n) is 31.7. The van der Waals surface area contributed by atoms with Crippen molar-refractivity contribution in [2.75, 3.05) is 31.9 Å². The lowest BCUT2D eigenvalue weighted by Crippen LogP contribution is -2.46. The van der Waals surface area contributed by atoms with Crippen molar-refractivity contribution in [1.82, 2.24) is 20.1 Å².